The van der Waals surface area contributed by atoms with Gasteiger partial charge in [0, 0.05) is 7.05 Å². The zero-order chi connectivity index (χ0) is 12.4. The Labute approximate surface area is 107 Å². The molecule has 0 amide bonds. The third-order valence-electron chi connectivity index (χ3n) is 3.10. The number of benzene rings is 2. The van der Waals surface area contributed by atoms with Crippen molar-refractivity contribution in [1.29, 1.82) is 0 Å². The number of aromatic nitrogens is 2. The number of imidazole rings is 1. The van der Waals surface area contributed by atoms with E-state index in [0.29, 0.717) is 0 Å². The van der Waals surface area contributed by atoms with Crippen molar-refractivity contribution in [3.63, 3.8) is 0 Å². The van der Waals surface area contributed by atoms with Crippen LogP contribution in [0.4, 0.5) is 0 Å². The summed E-state index contributed by atoms with van der Waals surface area (Å²) in [5.41, 5.74) is 4.81. The van der Waals surface area contributed by atoms with Crippen LogP contribution in [0.15, 0.2) is 67.1 Å². The molecule has 1 aromatic heterocycles. The predicted molar refractivity (Wildman–Crippen MR) is 74.1 cm³/mol. The molecule has 0 saturated carbocycles. The maximum absolute atomic E-state index is 4.14. The molecule has 0 radical (unpaired) electrons. The van der Waals surface area contributed by atoms with Gasteiger partial charge in [0.05, 0.1) is 18.2 Å². The Morgan fingerprint density at radius 2 is 1.39 bits per heavy atom. The van der Waals surface area contributed by atoms with Crippen molar-refractivity contribution < 1.29 is 0 Å². The van der Waals surface area contributed by atoms with Gasteiger partial charge in [0.2, 0.25) is 0 Å². The van der Waals surface area contributed by atoms with Crippen LogP contribution in [0.1, 0.15) is 0 Å². The van der Waals surface area contributed by atoms with E-state index in [1.165, 1.54) is 16.7 Å². The van der Waals surface area contributed by atoms with Gasteiger partial charge >= 0.3 is 0 Å². The molecule has 18 heavy (non-hydrogen) atoms. The highest BCUT2D eigenvalue weighted by atomic mass is 15.0. The Bertz CT molecular complexity index is 636. The van der Waals surface area contributed by atoms with E-state index in [9.17, 15) is 0 Å². The smallest absolute Gasteiger partial charge is 0.0948 e. The summed E-state index contributed by atoms with van der Waals surface area (Å²) in [6.45, 7) is 0. The third-order valence-corrected chi connectivity index (χ3v) is 3.10. The Morgan fingerprint density at radius 3 is 2.00 bits per heavy atom. The molecule has 2 nitrogen and oxygen atoms in total. The zero-order valence-corrected chi connectivity index (χ0v) is 10.2. The van der Waals surface area contributed by atoms with E-state index < -0.39 is 0 Å². The average Bonchev–Trinajstić information content (AvgIpc) is 2.86. The van der Waals surface area contributed by atoms with E-state index in [-0.39, 0.29) is 0 Å². The quantitative estimate of drug-likeness (QED) is 0.660. The van der Waals surface area contributed by atoms with Crippen LogP contribution in [-0.4, -0.2) is 9.55 Å². The van der Waals surface area contributed by atoms with Crippen molar-refractivity contribution in [3.8, 4) is 22.4 Å². The minimum Gasteiger partial charge on any atom is -0.334 e. The first kappa shape index (κ1) is 10.8. The van der Waals surface area contributed by atoms with Gasteiger partial charge in [-0.2, -0.15) is 0 Å². The lowest BCUT2D eigenvalue weighted by atomic mass is 10.0. The molecule has 0 aliphatic heterocycles. The maximum atomic E-state index is 4.14. The van der Waals surface area contributed by atoms with Gasteiger partial charge in [-0.3, -0.25) is 0 Å². The normalized spacial score (nSPS) is 10.5. The van der Waals surface area contributed by atoms with Gasteiger partial charge in [-0.1, -0.05) is 54.6 Å². The predicted octanol–water partition coefficient (Wildman–Crippen LogP) is 3.75. The Kier molecular flexibility index (Phi) is 2.69. The Hall–Kier alpha value is -2.35. The Morgan fingerprint density at radius 1 is 0.778 bits per heavy atom. The summed E-state index contributed by atoms with van der Waals surface area (Å²) in [4.78, 5) is 4.14. The summed E-state index contributed by atoms with van der Waals surface area (Å²) < 4.78 is 2.03. The molecule has 0 aliphatic rings. The first-order valence-electron chi connectivity index (χ1n) is 5.97. The second kappa shape index (κ2) is 4.49. The molecule has 0 fully saturated rings. The molecule has 0 N–H and O–H groups in total. The monoisotopic (exact) mass is 234 g/mol. The van der Waals surface area contributed by atoms with Crippen LogP contribution < -0.4 is 0 Å². The van der Waals surface area contributed by atoms with Gasteiger partial charge < -0.3 is 4.57 Å². The number of hydrogen-bond donors (Lipinski definition) is 0. The maximum Gasteiger partial charge on any atom is 0.0948 e. The summed E-state index contributed by atoms with van der Waals surface area (Å²) >= 11 is 0. The summed E-state index contributed by atoms with van der Waals surface area (Å²) in [5, 5.41) is 0. The number of aryl methyl sites for hydroxylation is 1. The second-order valence-electron chi connectivity index (χ2n) is 4.33. The minimum absolute atomic E-state index is 1.13. The van der Waals surface area contributed by atoms with Gasteiger partial charge in [-0.25, -0.2) is 4.98 Å². The summed E-state index contributed by atoms with van der Waals surface area (Å²) in [6.07, 6.45) is 3.71. The van der Waals surface area contributed by atoms with Crippen LogP contribution in [-0.2, 0) is 7.05 Å². The van der Waals surface area contributed by atoms with Crippen LogP contribution in [0, 0.1) is 0 Å². The van der Waals surface area contributed by atoms with Crippen molar-refractivity contribution in [2.45, 2.75) is 0 Å². The van der Waals surface area contributed by atoms with E-state index in [4.69, 9.17) is 0 Å². The molecule has 2 heteroatoms. The molecule has 3 aromatic rings. The fraction of sp³-hybridized carbons (Fsp3) is 0.0625. The molecule has 0 atom stereocenters. The van der Waals surface area contributed by atoms with E-state index in [0.717, 1.165) is 5.69 Å². The van der Waals surface area contributed by atoms with E-state index in [1.807, 2.05) is 30.2 Å². The number of nitrogens with zero attached hydrogens (tertiary/aromatic N) is 2. The highest BCUT2D eigenvalue weighted by Crippen LogP contribution is 2.24. The minimum atomic E-state index is 1.13. The lowest BCUT2D eigenvalue weighted by molar-refractivity contribution is 0.921. The molecule has 0 aliphatic carbocycles. The second-order valence-corrected chi connectivity index (χ2v) is 4.33. The molecule has 1 heterocycles. The van der Waals surface area contributed by atoms with Gasteiger partial charge in [-0.05, 0) is 16.7 Å². The van der Waals surface area contributed by atoms with Crippen molar-refractivity contribution in [2.75, 3.05) is 0 Å². The van der Waals surface area contributed by atoms with Gasteiger partial charge in [0.1, 0.15) is 0 Å². The van der Waals surface area contributed by atoms with Crippen molar-refractivity contribution in [2.24, 2.45) is 7.05 Å². The topological polar surface area (TPSA) is 17.8 Å². The summed E-state index contributed by atoms with van der Waals surface area (Å²) in [7, 11) is 2.01. The van der Waals surface area contributed by atoms with Crippen molar-refractivity contribution in [3.05, 3.63) is 67.1 Å². The largest absolute Gasteiger partial charge is 0.334 e. The van der Waals surface area contributed by atoms with Crippen molar-refractivity contribution in [1.82, 2.24) is 9.55 Å². The molecule has 88 valence electrons. The molecule has 2 aromatic carbocycles. The molecule has 0 spiro atoms. The average molecular weight is 234 g/mol. The third kappa shape index (κ3) is 1.93. The molecule has 0 unspecified atom stereocenters. The molecular formula is C16H14N2. The van der Waals surface area contributed by atoms with E-state index >= 15 is 0 Å². The van der Waals surface area contributed by atoms with E-state index in [1.54, 1.807) is 0 Å². The van der Waals surface area contributed by atoms with Crippen LogP contribution >= 0.6 is 0 Å². The standard InChI is InChI=1S/C16H14N2/c1-18-12-17-11-16(18)15-9-7-14(8-10-15)13-5-3-2-4-6-13/h2-12H,1H3. The van der Waals surface area contributed by atoms with Crippen molar-refractivity contribution >= 4 is 0 Å². The summed E-state index contributed by atoms with van der Waals surface area (Å²) in [5.74, 6) is 0. The van der Waals surface area contributed by atoms with Gasteiger partial charge in [0.25, 0.3) is 0 Å². The van der Waals surface area contributed by atoms with Gasteiger partial charge in [-0.15, -0.1) is 0 Å². The first-order chi connectivity index (χ1) is 8.84. The number of hydrogen-bond acceptors (Lipinski definition) is 1. The van der Waals surface area contributed by atoms with Crippen LogP contribution in [0.3, 0.4) is 0 Å². The van der Waals surface area contributed by atoms with E-state index in [2.05, 4.69) is 53.5 Å². The highest BCUT2D eigenvalue weighted by molar-refractivity contribution is 5.68. The lowest BCUT2D eigenvalue weighted by Crippen LogP contribution is -1.88. The van der Waals surface area contributed by atoms with Crippen LogP contribution in [0.5, 0.6) is 0 Å². The lowest BCUT2D eigenvalue weighted by Gasteiger charge is -2.05. The molecule has 0 saturated heterocycles. The number of rotatable bonds is 2. The molecule has 3 rings (SSSR count). The van der Waals surface area contributed by atoms with Gasteiger partial charge in [0.15, 0.2) is 0 Å². The fourth-order valence-electron chi connectivity index (χ4n) is 2.10. The summed E-state index contributed by atoms with van der Waals surface area (Å²) in [6, 6.07) is 19.0. The zero-order valence-electron chi connectivity index (χ0n) is 10.2. The fourth-order valence-corrected chi connectivity index (χ4v) is 2.10. The molecular weight excluding hydrogens is 220 g/mol. The highest BCUT2D eigenvalue weighted by Gasteiger charge is 2.02. The first-order valence-corrected chi connectivity index (χ1v) is 5.97. The SMILES string of the molecule is Cn1cncc1-c1ccc(-c2ccccc2)cc1. The van der Waals surface area contributed by atoms with Crippen LogP contribution in [0.25, 0.3) is 22.4 Å². The van der Waals surface area contributed by atoms with Crippen LogP contribution in [0.2, 0.25) is 0 Å². The molecule has 0 bridgehead atoms. The Balaban J connectivity index is 1.97.